The van der Waals surface area contributed by atoms with Crippen molar-refractivity contribution in [2.24, 2.45) is 10.9 Å². The van der Waals surface area contributed by atoms with E-state index >= 15 is 0 Å². The van der Waals surface area contributed by atoms with Gasteiger partial charge in [-0.3, -0.25) is 4.79 Å². The number of nitrogens with one attached hydrogen (secondary N) is 1. The summed E-state index contributed by atoms with van der Waals surface area (Å²) in [5.74, 6) is 0.600. The molecule has 0 saturated carbocycles. The van der Waals surface area contributed by atoms with Gasteiger partial charge in [0.1, 0.15) is 0 Å². The molecule has 0 bridgehead atoms. The van der Waals surface area contributed by atoms with Crippen LogP contribution in [0.2, 0.25) is 0 Å². The lowest BCUT2D eigenvalue weighted by molar-refractivity contribution is -0.186. The first-order valence-electron chi connectivity index (χ1n) is 8.94. The van der Waals surface area contributed by atoms with Crippen LogP contribution in [0.5, 0.6) is 0 Å². The summed E-state index contributed by atoms with van der Waals surface area (Å²) in [6.45, 7) is 2.78. The predicted octanol–water partition coefficient (Wildman–Crippen LogP) is 1.22. The number of piperidine rings is 1. The number of nitrogens with zero attached hydrogens (tertiary/aromatic N) is 4. The summed E-state index contributed by atoms with van der Waals surface area (Å²) in [4.78, 5) is 41.8. The number of hydrogen-bond acceptors (Lipinski definition) is 8. The first-order valence-corrected chi connectivity index (χ1v) is 8.94. The van der Waals surface area contributed by atoms with Gasteiger partial charge in [0.05, 0.1) is 12.1 Å². The van der Waals surface area contributed by atoms with Gasteiger partial charge in [0.25, 0.3) is 5.91 Å². The molecule has 1 amide bonds. The van der Waals surface area contributed by atoms with Gasteiger partial charge in [-0.15, -0.1) is 0 Å². The highest BCUT2D eigenvalue weighted by atomic mass is 16.8. The smallest absolute Gasteiger partial charge is 0.278 e. The van der Waals surface area contributed by atoms with Crippen LogP contribution in [0.4, 0.5) is 5.95 Å². The van der Waals surface area contributed by atoms with Gasteiger partial charge in [-0.1, -0.05) is 0 Å². The fraction of sp³-hybridized carbons (Fsp3) is 0.647. The van der Waals surface area contributed by atoms with Crippen LogP contribution in [0.25, 0.3) is 0 Å². The molecule has 0 aromatic carbocycles. The number of hydroxylamine groups is 1. The first kappa shape index (κ1) is 18.4. The predicted molar refractivity (Wildman–Crippen MR) is 92.1 cm³/mol. The number of aromatic nitrogens is 2. The van der Waals surface area contributed by atoms with E-state index in [1.165, 1.54) is 12.4 Å². The van der Waals surface area contributed by atoms with E-state index in [9.17, 15) is 9.59 Å². The van der Waals surface area contributed by atoms with Crippen molar-refractivity contribution in [3.05, 3.63) is 18.0 Å². The van der Waals surface area contributed by atoms with E-state index < -0.39 is 12.2 Å². The molecule has 2 aliphatic rings. The van der Waals surface area contributed by atoms with Gasteiger partial charge in [-0.05, 0) is 31.6 Å². The molecule has 9 nitrogen and oxygen atoms in total. The Morgan fingerprint density at radius 1 is 1.31 bits per heavy atom. The minimum absolute atomic E-state index is 0.333. The summed E-state index contributed by atoms with van der Waals surface area (Å²) >= 11 is 0. The fourth-order valence-electron chi connectivity index (χ4n) is 3.07. The molecule has 2 aliphatic heterocycles. The Balaban J connectivity index is 1.47. The van der Waals surface area contributed by atoms with Crippen molar-refractivity contribution in [2.45, 2.75) is 38.4 Å². The van der Waals surface area contributed by atoms with Crippen LogP contribution in [-0.2, 0) is 14.4 Å². The van der Waals surface area contributed by atoms with Crippen molar-refractivity contribution in [1.82, 2.24) is 15.4 Å². The SMILES string of the molecule is O=C=NCC1CCN(c2ncc(C(=O)NOC3CCCCO3)cn2)CC1. The van der Waals surface area contributed by atoms with Gasteiger partial charge in [0, 0.05) is 38.5 Å². The largest absolute Gasteiger partial charge is 0.350 e. The number of ether oxygens (including phenoxy) is 1. The Morgan fingerprint density at radius 2 is 2.08 bits per heavy atom. The summed E-state index contributed by atoms with van der Waals surface area (Å²) in [5.41, 5.74) is 2.73. The number of isocyanates is 1. The van der Waals surface area contributed by atoms with Crippen LogP contribution in [0.15, 0.2) is 17.4 Å². The van der Waals surface area contributed by atoms with Gasteiger partial charge in [-0.2, -0.15) is 0 Å². The Kier molecular flexibility index (Phi) is 6.65. The van der Waals surface area contributed by atoms with Gasteiger partial charge >= 0.3 is 0 Å². The molecule has 3 rings (SSSR count). The van der Waals surface area contributed by atoms with Crippen LogP contribution in [0, 0.1) is 5.92 Å². The van der Waals surface area contributed by atoms with Crippen LogP contribution in [-0.4, -0.2) is 54.5 Å². The molecule has 9 heteroatoms. The van der Waals surface area contributed by atoms with E-state index in [1.54, 1.807) is 6.08 Å². The lowest BCUT2D eigenvalue weighted by Gasteiger charge is -2.31. The molecule has 1 N–H and O–H groups in total. The van der Waals surface area contributed by atoms with E-state index in [0.29, 0.717) is 30.6 Å². The Morgan fingerprint density at radius 3 is 2.73 bits per heavy atom. The van der Waals surface area contributed by atoms with Crippen molar-refractivity contribution in [3.63, 3.8) is 0 Å². The van der Waals surface area contributed by atoms with Crippen molar-refractivity contribution in [1.29, 1.82) is 0 Å². The van der Waals surface area contributed by atoms with Crippen LogP contribution >= 0.6 is 0 Å². The second-order valence-electron chi connectivity index (χ2n) is 6.48. The number of anilines is 1. The zero-order valence-corrected chi connectivity index (χ0v) is 14.6. The monoisotopic (exact) mass is 361 g/mol. The first-order chi connectivity index (χ1) is 12.8. The molecule has 1 aromatic rings. The van der Waals surface area contributed by atoms with E-state index in [4.69, 9.17) is 9.57 Å². The van der Waals surface area contributed by atoms with Crippen molar-refractivity contribution in [2.75, 3.05) is 31.1 Å². The van der Waals surface area contributed by atoms with E-state index in [1.807, 2.05) is 0 Å². The quantitative estimate of drug-likeness (QED) is 0.461. The maximum Gasteiger partial charge on any atom is 0.278 e. The minimum Gasteiger partial charge on any atom is -0.350 e. The fourth-order valence-corrected chi connectivity index (χ4v) is 3.07. The second kappa shape index (κ2) is 9.38. The zero-order valence-electron chi connectivity index (χ0n) is 14.6. The van der Waals surface area contributed by atoms with E-state index in [-0.39, 0.29) is 0 Å². The molecule has 26 heavy (non-hydrogen) atoms. The number of carbonyl (C=O) groups is 1. The van der Waals surface area contributed by atoms with Gasteiger partial charge in [0.15, 0.2) is 6.29 Å². The third kappa shape index (κ3) is 5.08. The van der Waals surface area contributed by atoms with Gasteiger partial charge in [-0.25, -0.2) is 30.1 Å². The maximum absolute atomic E-state index is 12.1. The highest BCUT2D eigenvalue weighted by molar-refractivity contribution is 5.92. The summed E-state index contributed by atoms with van der Waals surface area (Å²) in [6, 6.07) is 0. The van der Waals surface area contributed by atoms with E-state index in [0.717, 1.165) is 45.2 Å². The standard InChI is InChI=1S/C17H23N5O4/c23-12-18-9-13-4-6-22(7-5-13)17-19-10-14(11-20-17)16(24)21-26-15-3-1-2-8-25-15/h10-11,13,15H,1-9H2,(H,21,24). The minimum atomic E-state index is -0.392. The zero-order chi connectivity index (χ0) is 18.2. The van der Waals surface area contributed by atoms with E-state index in [2.05, 4.69) is 25.3 Å². The topological polar surface area (TPSA) is 106 Å². The molecular formula is C17H23N5O4. The third-order valence-electron chi connectivity index (χ3n) is 4.63. The number of rotatable bonds is 6. The molecule has 1 unspecified atom stereocenters. The third-order valence-corrected chi connectivity index (χ3v) is 4.63. The normalized spacial score (nSPS) is 21.1. The Bertz CT molecular complexity index is 633. The van der Waals surface area contributed by atoms with Crippen LogP contribution < -0.4 is 10.4 Å². The molecule has 1 atom stereocenters. The van der Waals surface area contributed by atoms with Crippen molar-refractivity contribution in [3.8, 4) is 0 Å². The van der Waals surface area contributed by atoms with Crippen LogP contribution in [0.1, 0.15) is 42.5 Å². The average molecular weight is 361 g/mol. The molecule has 3 heterocycles. The van der Waals surface area contributed by atoms with Crippen molar-refractivity contribution >= 4 is 17.9 Å². The molecule has 2 fully saturated rings. The highest BCUT2D eigenvalue weighted by Crippen LogP contribution is 2.20. The van der Waals surface area contributed by atoms with Gasteiger partial charge in [0.2, 0.25) is 12.0 Å². The highest BCUT2D eigenvalue weighted by Gasteiger charge is 2.21. The summed E-state index contributed by atoms with van der Waals surface area (Å²) in [6.07, 6.45) is 8.83. The number of amides is 1. The molecule has 0 radical (unpaired) electrons. The molecule has 0 aliphatic carbocycles. The Labute approximate surface area is 151 Å². The lowest BCUT2D eigenvalue weighted by Crippen LogP contribution is -2.36. The Hall–Kier alpha value is -2.35. The number of carbonyl (C=O) groups excluding carboxylic acids is 2. The average Bonchev–Trinajstić information content (AvgIpc) is 2.72. The molecular weight excluding hydrogens is 338 g/mol. The molecule has 1 aromatic heterocycles. The van der Waals surface area contributed by atoms with Crippen molar-refractivity contribution < 1.29 is 19.2 Å². The van der Waals surface area contributed by atoms with Crippen LogP contribution in [0.3, 0.4) is 0 Å². The lowest BCUT2D eigenvalue weighted by atomic mass is 9.97. The maximum atomic E-state index is 12.1. The molecule has 2 saturated heterocycles. The number of hydrogen-bond donors (Lipinski definition) is 1. The summed E-state index contributed by atoms with van der Waals surface area (Å²) < 4.78 is 5.39. The van der Waals surface area contributed by atoms with Gasteiger partial charge < -0.3 is 9.64 Å². The molecule has 0 spiro atoms. The summed E-state index contributed by atoms with van der Waals surface area (Å²) in [5, 5.41) is 0. The second-order valence-corrected chi connectivity index (χ2v) is 6.48. The number of aliphatic imine (C=N–C) groups is 1. The molecule has 140 valence electrons. The summed E-state index contributed by atoms with van der Waals surface area (Å²) in [7, 11) is 0.